The summed E-state index contributed by atoms with van der Waals surface area (Å²) in [5, 5.41) is 4.62. The Morgan fingerprint density at radius 3 is 2.53 bits per heavy atom. The normalized spacial score (nSPS) is 29.0. The zero-order chi connectivity index (χ0) is 11.1. The second kappa shape index (κ2) is 7.53. The van der Waals surface area contributed by atoms with Gasteiger partial charge in [0.1, 0.15) is 0 Å². The van der Waals surface area contributed by atoms with Gasteiger partial charge in [0.25, 0.3) is 0 Å². The topological polar surface area (TPSA) is 21.3 Å². The number of nitrogens with one attached hydrogen (secondary N) is 1. The minimum Gasteiger partial charge on any atom is -0.385 e. The van der Waals surface area contributed by atoms with E-state index in [1.165, 1.54) is 25.7 Å². The highest BCUT2D eigenvalue weighted by molar-refractivity contribution is 7.99. The van der Waals surface area contributed by atoms with Crippen molar-refractivity contribution in [2.24, 2.45) is 0 Å². The largest absolute Gasteiger partial charge is 0.385 e. The van der Waals surface area contributed by atoms with Crippen LogP contribution in [0.5, 0.6) is 0 Å². The fourth-order valence-corrected chi connectivity index (χ4v) is 2.99. The van der Waals surface area contributed by atoms with Crippen molar-refractivity contribution >= 4 is 11.8 Å². The third kappa shape index (κ3) is 5.23. The van der Waals surface area contributed by atoms with E-state index in [1.54, 1.807) is 7.11 Å². The fourth-order valence-electron chi connectivity index (χ4n) is 2.25. The first-order chi connectivity index (χ1) is 7.26. The number of methoxy groups -OCH3 is 1. The van der Waals surface area contributed by atoms with Crippen molar-refractivity contribution < 1.29 is 4.74 Å². The van der Waals surface area contributed by atoms with Crippen LogP contribution in [-0.2, 0) is 4.74 Å². The van der Waals surface area contributed by atoms with E-state index >= 15 is 0 Å². The van der Waals surface area contributed by atoms with Crippen molar-refractivity contribution in [3.05, 3.63) is 0 Å². The van der Waals surface area contributed by atoms with Gasteiger partial charge in [-0.15, -0.1) is 0 Å². The molecular formula is C12H25NOS. The van der Waals surface area contributed by atoms with E-state index < -0.39 is 0 Å². The molecule has 2 nitrogen and oxygen atoms in total. The maximum Gasteiger partial charge on any atom is 0.0476 e. The Kier molecular flexibility index (Phi) is 6.69. The number of hydrogen-bond donors (Lipinski definition) is 1. The van der Waals surface area contributed by atoms with Crippen molar-refractivity contribution in [2.45, 2.75) is 56.4 Å². The van der Waals surface area contributed by atoms with E-state index in [2.05, 4.69) is 18.5 Å². The van der Waals surface area contributed by atoms with Crippen molar-refractivity contribution in [3.8, 4) is 0 Å². The summed E-state index contributed by atoms with van der Waals surface area (Å²) < 4.78 is 5.09. The first-order valence-corrected chi connectivity index (χ1v) is 7.32. The van der Waals surface area contributed by atoms with Gasteiger partial charge in [-0.05, 0) is 45.3 Å². The molecule has 1 fully saturated rings. The molecular weight excluding hydrogens is 206 g/mol. The van der Waals surface area contributed by atoms with Gasteiger partial charge in [-0.3, -0.25) is 0 Å². The summed E-state index contributed by atoms with van der Waals surface area (Å²) in [7, 11) is 1.77. The van der Waals surface area contributed by atoms with Crippen molar-refractivity contribution in [2.75, 3.05) is 20.0 Å². The van der Waals surface area contributed by atoms with Crippen LogP contribution in [0.25, 0.3) is 0 Å². The van der Waals surface area contributed by atoms with Gasteiger partial charge < -0.3 is 10.1 Å². The zero-order valence-electron chi connectivity index (χ0n) is 10.3. The lowest BCUT2D eigenvalue weighted by Crippen LogP contribution is -2.39. The zero-order valence-corrected chi connectivity index (χ0v) is 11.1. The summed E-state index contributed by atoms with van der Waals surface area (Å²) in [6.07, 6.45) is 8.83. The van der Waals surface area contributed by atoms with E-state index in [0.717, 1.165) is 24.3 Å². The van der Waals surface area contributed by atoms with Gasteiger partial charge >= 0.3 is 0 Å². The Bertz CT molecular complexity index is 158. The Labute approximate surface area is 98.5 Å². The van der Waals surface area contributed by atoms with Gasteiger partial charge in [0, 0.05) is 31.1 Å². The lowest BCUT2D eigenvalue weighted by Gasteiger charge is -2.30. The van der Waals surface area contributed by atoms with Gasteiger partial charge in [-0.25, -0.2) is 0 Å². The van der Waals surface area contributed by atoms with Crippen LogP contribution in [0.15, 0.2) is 0 Å². The van der Waals surface area contributed by atoms with Gasteiger partial charge in [0.05, 0.1) is 0 Å². The van der Waals surface area contributed by atoms with E-state index in [-0.39, 0.29) is 0 Å². The highest BCUT2D eigenvalue weighted by Gasteiger charge is 2.21. The van der Waals surface area contributed by atoms with Crippen molar-refractivity contribution in [1.29, 1.82) is 0 Å². The molecule has 1 rings (SSSR count). The van der Waals surface area contributed by atoms with Crippen LogP contribution in [-0.4, -0.2) is 37.3 Å². The minimum absolute atomic E-state index is 0.598. The SMILES string of the molecule is COCCC(C)NC1CCC(SC)CC1. The molecule has 0 spiro atoms. The monoisotopic (exact) mass is 231 g/mol. The molecule has 1 atom stereocenters. The van der Waals surface area contributed by atoms with Gasteiger partial charge in [0.15, 0.2) is 0 Å². The summed E-state index contributed by atoms with van der Waals surface area (Å²) in [4.78, 5) is 0. The highest BCUT2D eigenvalue weighted by atomic mass is 32.2. The maximum absolute atomic E-state index is 5.09. The highest BCUT2D eigenvalue weighted by Crippen LogP contribution is 2.27. The Hall–Kier alpha value is 0.270. The van der Waals surface area contributed by atoms with E-state index in [1.807, 2.05) is 11.8 Å². The van der Waals surface area contributed by atoms with Crippen molar-refractivity contribution in [1.82, 2.24) is 5.32 Å². The van der Waals surface area contributed by atoms with Crippen LogP contribution < -0.4 is 5.32 Å². The molecule has 1 aliphatic rings. The predicted molar refractivity (Wildman–Crippen MR) is 68.6 cm³/mol. The van der Waals surface area contributed by atoms with E-state index in [9.17, 15) is 0 Å². The quantitative estimate of drug-likeness (QED) is 0.759. The van der Waals surface area contributed by atoms with Crippen molar-refractivity contribution in [3.63, 3.8) is 0 Å². The van der Waals surface area contributed by atoms with Gasteiger partial charge in [-0.2, -0.15) is 11.8 Å². The van der Waals surface area contributed by atoms with E-state index in [4.69, 9.17) is 4.74 Å². The lowest BCUT2D eigenvalue weighted by molar-refractivity contribution is 0.180. The van der Waals surface area contributed by atoms with Gasteiger partial charge in [-0.1, -0.05) is 0 Å². The van der Waals surface area contributed by atoms with Crippen LogP contribution in [0.3, 0.4) is 0 Å². The molecule has 0 aromatic carbocycles. The molecule has 1 unspecified atom stereocenters. The molecule has 3 heteroatoms. The third-order valence-corrected chi connectivity index (χ3v) is 4.42. The second-order valence-electron chi connectivity index (χ2n) is 4.56. The average molecular weight is 231 g/mol. The first-order valence-electron chi connectivity index (χ1n) is 6.04. The average Bonchev–Trinajstić information content (AvgIpc) is 2.27. The Balaban J connectivity index is 2.12. The molecule has 0 amide bonds. The first kappa shape index (κ1) is 13.3. The molecule has 0 bridgehead atoms. The molecule has 90 valence electrons. The predicted octanol–water partition coefficient (Wildman–Crippen LogP) is 2.68. The van der Waals surface area contributed by atoms with Crippen LogP contribution >= 0.6 is 11.8 Å². The second-order valence-corrected chi connectivity index (χ2v) is 5.70. The smallest absolute Gasteiger partial charge is 0.0476 e. The molecule has 0 aromatic rings. The van der Waals surface area contributed by atoms with Crippen LogP contribution in [0.1, 0.15) is 39.0 Å². The molecule has 0 aliphatic heterocycles. The molecule has 1 saturated carbocycles. The Morgan fingerprint density at radius 1 is 1.33 bits per heavy atom. The number of thioether (sulfide) groups is 1. The van der Waals surface area contributed by atoms with Gasteiger partial charge in [0.2, 0.25) is 0 Å². The summed E-state index contributed by atoms with van der Waals surface area (Å²) in [6.45, 7) is 3.13. The molecule has 0 radical (unpaired) electrons. The molecule has 1 N–H and O–H groups in total. The number of ether oxygens (including phenoxy) is 1. The molecule has 15 heavy (non-hydrogen) atoms. The molecule has 0 saturated heterocycles. The number of rotatable bonds is 6. The summed E-state index contributed by atoms with van der Waals surface area (Å²) in [6, 6.07) is 1.35. The standard InChI is InChI=1S/C12H25NOS/c1-10(8-9-14-2)13-11-4-6-12(15-3)7-5-11/h10-13H,4-9H2,1-3H3. The van der Waals surface area contributed by atoms with Crippen LogP contribution in [0.2, 0.25) is 0 Å². The Morgan fingerprint density at radius 2 is 2.00 bits per heavy atom. The van der Waals surface area contributed by atoms with Crippen LogP contribution in [0, 0.1) is 0 Å². The fraction of sp³-hybridized carbons (Fsp3) is 1.00. The molecule has 1 aliphatic carbocycles. The number of hydrogen-bond acceptors (Lipinski definition) is 3. The van der Waals surface area contributed by atoms with Crippen LogP contribution in [0.4, 0.5) is 0 Å². The minimum atomic E-state index is 0.598. The molecule has 0 aromatic heterocycles. The molecule has 0 heterocycles. The third-order valence-electron chi connectivity index (χ3n) is 3.28. The maximum atomic E-state index is 5.09. The summed E-state index contributed by atoms with van der Waals surface area (Å²) in [5.41, 5.74) is 0. The lowest BCUT2D eigenvalue weighted by atomic mass is 9.94. The van der Waals surface area contributed by atoms with E-state index in [0.29, 0.717) is 6.04 Å². The summed E-state index contributed by atoms with van der Waals surface area (Å²) in [5.74, 6) is 0. The summed E-state index contributed by atoms with van der Waals surface area (Å²) >= 11 is 2.03.